The van der Waals surface area contributed by atoms with Crippen molar-refractivity contribution >= 4 is 5.69 Å². The van der Waals surface area contributed by atoms with Crippen molar-refractivity contribution in [3.63, 3.8) is 0 Å². The Bertz CT molecular complexity index is 523. The Balaban J connectivity index is 2.05. The molecule has 0 spiro atoms. The molecule has 0 radical (unpaired) electrons. The van der Waals surface area contributed by atoms with Crippen LogP contribution in [-0.4, -0.2) is 0 Å². The van der Waals surface area contributed by atoms with E-state index in [-0.39, 0.29) is 11.6 Å². The Morgan fingerprint density at radius 2 is 1.88 bits per heavy atom. The molecule has 1 N–H and O–H groups in total. The number of aryl methyl sites for hydroxylation is 1. The van der Waals surface area contributed by atoms with Crippen molar-refractivity contribution < 1.29 is 8.78 Å². The Hall–Kier alpha value is -1.90. The van der Waals surface area contributed by atoms with E-state index in [0.717, 1.165) is 5.56 Å². The molecule has 0 aliphatic heterocycles. The first-order valence-corrected chi connectivity index (χ1v) is 5.39. The zero-order chi connectivity index (χ0) is 12.3. The summed E-state index contributed by atoms with van der Waals surface area (Å²) in [4.78, 5) is 0. The number of hydrogen-bond acceptors (Lipinski definition) is 1. The third-order valence-electron chi connectivity index (χ3n) is 2.54. The van der Waals surface area contributed by atoms with Crippen molar-refractivity contribution in [3.8, 4) is 0 Å². The van der Waals surface area contributed by atoms with Crippen molar-refractivity contribution in [2.24, 2.45) is 0 Å². The molecule has 17 heavy (non-hydrogen) atoms. The minimum atomic E-state index is -0.273. The number of rotatable bonds is 3. The molecule has 0 atom stereocenters. The Morgan fingerprint density at radius 3 is 2.59 bits per heavy atom. The molecular weight excluding hydrogens is 220 g/mol. The van der Waals surface area contributed by atoms with Gasteiger partial charge in [0.1, 0.15) is 11.6 Å². The molecule has 0 fully saturated rings. The summed E-state index contributed by atoms with van der Waals surface area (Å²) in [7, 11) is 0. The van der Waals surface area contributed by atoms with E-state index in [1.807, 2.05) is 0 Å². The Morgan fingerprint density at radius 1 is 1.06 bits per heavy atom. The molecule has 0 aliphatic rings. The first kappa shape index (κ1) is 11.6. The Labute approximate surface area is 99.1 Å². The van der Waals surface area contributed by atoms with Crippen molar-refractivity contribution in [1.29, 1.82) is 0 Å². The summed E-state index contributed by atoms with van der Waals surface area (Å²) in [6, 6.07) is 11.2. The maximum Gasteiger partial charge on any atom is 0.126 e. The molecule has 0 aliphatic carbocycles. The van der Waals surface area contributed by atoms with Gasteiger partial charge in [-0.25, -0.2) is 8.78 Å². The zero-order valence-electron chi connectivity index (χ0n) is 9.50. The lowest BCUT2D eigenvalue weighted by molar-refractivity contribution is 0.617. The number of hydrogen-bond donors (Lipinski definition) is 1. The van der Waals surface area contributed by atoms with Gasteiger partial charge in [0.05, 0.1) is 0 Å². The third kappa shape index (κ3) is 3.03. The van der Waals surface area contributed by atoms with Crippen LogP contribution in [0.15, 0.2) is 42.5 Å². The molecule has 0 saturated carbocycles. The molecule has 0 unspecified atom stereocenters. The maximum absolute atomic E-state index is 13.0. The first-order valence-electron chi connectivity index (χ1n) is 5.39. The molecular formula is C14H13F2N. The molecule has 88 valence electrons. The van der Waals surface area contributed by atoms with Crippen LogP contribution in [0.3, 0.4) is 0 Å². The van der Waals surface area contributed by atoms with Crippen LogP contribution < -0.4 is 5.32 Å². The minimum Gasteiger partial charge on any atom is -0.381 e. The highest BCUT2D eigenvalue weighted by molar-refractivity contribution is 5.43. The molecule has 2 aromatic carbocycles. The highest BCUT2D eigenvalue weighted by Gasteiger charge is 1.99. The number of anilines is 1. The summed E-state index contributed by atoms with van der Waals surface area (Å²) in [5.74, 6) is -0.482. The molecule has 0 aromatic heterocycles. The van der Waals surface area contributed by atoms with Gasteiger partial charge in [-0.1, -0.05) is 18.2 Å². The van der Waals surface area contributed by atoms with Gasteiger partial charge in [0.15, 0.2) is 0 Å². The summed E-state index contributed by atoms with van der Waals surface area (Å²) in [6.07, 6.45) is 0. The van der Waals surface area contributed by atoms with Gasteiger partial charge in [0.25, 0.3) is 0 Å². The highest BCUT2D eigenvalue weighted by atomic mass is 19.1. The average Bonchev–Trinajstić information content (AvgIpc) is 2.31. The monoisotopic (exact) mass is 233 g/mol. The molecule has 0 bridgehead atoms. The summed E-state index contributed by atoms with van der Waals surface area (Å²) in [6.45, 7) is 2.27. The van der Waals surface area contributed by atoms with E-state index in [4.69, 9.17) is 0 Å². The van der Waals surface area contributed by atoms with E-state index in [1.165, 1.54) is 18.2 Å². The fourth-order valence-electron chi connectivity index (χ4n) is 1.62. The topological polar surface area (TPSA) is 12.0 Å². The summed E-state index contributed by atoms with van der Waals surface area (Å²) in [5.41, 5.74) is 2.30. The zero-order valence-corrected chi connectivity index (χ0v) is 9.50. The van der Waals surface area contributed by atoms with Gasteiger partial charge in [-0.3, -0.25) is 0 Å². The lowest BCUT2D eigenvalue weighted by atomic mass is 10.1. The largest absolute Gasteiger partial charge is 0.381 e. The van der Waals surface area contributed by atoms with Gasteiger partial charge < -0.3 is 5.32 Å². The summed E-state index contributed by atoms with van der Waals surface area (Å²) < 4.78 is 26.0. The third-order valence-corrected chi connectivity index (χ3v) is 2.54. The van der Waals surface area contributed by atoms with E-state index >= 15 is 0 Å². The standard InChI is InChI=1S/C14H13F2N/c1-10-7-11(5-6-14(10)16)9-17-13-4-2-3-12(15)8-13/h2-8,17H,9H2,1H3. The maximum atomic E-state index is 13.0. The molecule has 0 heterocycles. The van der Waals surface area contributed by atoms with E-state index < -0.39 is 0 Å². The molecule has 2 aromatic rings. The van der Waals surface area contributed by atoms with Gasteiger partial charge in [-0.15, -0.1) is 0 Å². The first-order chi connectivity index (χ1) is 8.15. The minimum absolute atomic E-state index is 0.209. The fraction of sp³-hybridized carbons (Fsp3) is 0.143. The van der Waals surface area contributed by atoms with Crippen LogP contribution in [-0.2, 0) is 6.54 Å². The fourth-order valence-corrected chi connectivity index (χ4v) is 1.62. The van der Waals surface area contributed by atoms with Crippen LogP contribution in [0.5, 0.6) is 0 Å². The SMILES string of the molecule is Cc1cc(CNc2cccc(F)c2)ccc1F. The molecule has 2 rings (SSSR count). The lowest BCUT2D eigenvalue weighted by Crippen LogP contribution is -2.00. The van der Waals surface area contributed by atoms with E-state index in [1.54, 1.807) is 31.2 Å². The second kappa shape index (κ2) is 4.95. The quantitative estimate of drug-likeness (QED) is 0.848. The van der Waals surface area contributed by atoms with Gasteiger partial charge in [-0.2, -0.15) is 0 Å². The van der Waals surface area contributed by atoms with Crippen LogP contribution in [0.2, 0.25) is 0 Å². The molecule has 1 nitrogen and oxygen atoms in total. The second-order valence-electron chi connectivity index (χ2n) is 3.95. The molecule has 0 amide bonds. The van der Waals surface area contributed by atoms with E-state index in [2.05, 4.69) is 5.32 Å². The summed E-state index contributed by atoms with van der Waals surface area (Å²) in [5, 5.41) is 3.09. The lowest BCUT2D eigenvalue weighted by Gasteiger charge is -2.07. The predicted octanol–water partition coefficient (Wildman–Crippen LogP) is 3.89. The summed E-state index contributed by atoms with van der Waals surface area (Å²) >= 11 is 0. The van der Waals surface area contributed by atoms with Gasteiger partial charge in [0, 0.05) is 12.2 Å². The van der Waals surface area contributed by atoms with E-state index in [0.29, 0.717) is 17.8 Å². The number of benzene rings is 2. The van der Waals surface area contributed by atoms with Gasteiger partial charge >= 0.3 is 0 Å². The number of halogens is 2. The van der Waals surface area contributed by atoms with Crippen molar-refractivity contribution in [3.05, 3.63) is 65.2 Å². The van der Waals surface area contributed by atoms with Crippen molar-refractivity contribution in [2.45, 2.75) is 13.5 Å². The smallest absolute Gasteiger partial charge is 0.126 e. The van der Waals surface area contributed by atoms with Crippen LogP contribution in [0.1, 0.15) is 11.1 Å². The second-order valence-corrected chi connectivity index (χ2v) is 3.95. The normalized spacial score (nSPS) is 10.3. The van der Waals surface area contributed by atoms with Crippen LogP contribution in [0.25, 0.3) is 0 Å². The van der Waals surface area contributed by atoms with E-state index in [9.17, 15) is 8.78 Å². The average molecular weight is 233 g/mol. The van der Waals surface area contributed by atoms with Crippen LogP contribution >= 0.6 is 0 Å². The van der Waals surface area contributed by atoms with Crippen LogP contribution in [0.4, 0.5) is 14.5 Å². The highest BCUT2D eigenvalue weighted by Crippen LogP contribution is 2.13. The molecule has 0 saturated heterocycles. The predicted molar refractivity (Wildman–Crippen MR) is 64.9 cm³/mol. The number of nitrogens with one attached hydrogen (secondary N) is 1. The van der Waals surface area contributed by atoms with Gasteiger partial charge in [0.2, 0.25) is 0 Å². The molecule has 3 heteroatoms. The Kier molecular flexibility index (Phi) is 3.38. The van der Waals surface area contributed by atoms with Crippen LogP contribution in [0, 0.1) is 18.6 Å². The van der Waals surface area contributed by atoms with Gasteiger partial charge in [-0.05, 0) is 42.3 Å². The van der Waals surface area contributed by atoms with Crippen molar-refractivity contribution in [2.75, 3.05) is 5.32 Å². The van der Waals surface area contributed by atoms with Crippen molar-refractivity contribution in [1.82, 2.24) is 0 Å².